The predicted molar refractivity (Wildman–Crippen MR) is 107 cm³/mol. The molecular weight excluding hydrogens is 470 g/mol. The first kappa shape index (κ1) is 18.2. The molecular formula is C17H11Br2N3O4. The fourth-order valence-electron chi connectivity index (χ4n) is 2.32. The molecule has 0 spiro atoms. The molecule has 1 aromatic heterocycles. The standard InChI is InChI=1S/C17H11Br2N3O4/c18-9-5-3-6-10(19)12(9)21-17(26)22-13-14(23)8-4-1-2-7-11(8)20-16(25)15(13)24/h1-7H,(H4,20,21,22,23,24,25,26). The van der Waals surface area contributed by atoms with Crippen molar-refractivity contribution in [2.24, 2.45) is 0 Å². The minimum atomic E-state index is -0.888. The Morgan fingerprint density at radius 2 is 1.54 bits per heavy atom. The first-order valence-corrected chi connectivity index (χ1v) is 8.87. The number of aromatic nitrogens is 1. The Morgan fingerprint density at radius 1 is 0.923 bits per heavy atom. The predicted octanol–water partition coefficient (Wildman–Crippen LogP) is 3.76. The maximum Gasteiger partial charge on any atom is 0.323 e. The molecule has 0 radical (unpaired) electrons. The van der Waals surface area contributed by atoms with E-state index in [9.17, 15) is 19.5 Å². The highest BCUT2D eigenvalue weighted by Crippen LogP contribution is 2.30. The maximum atomic E-state index is 12.6. The number of hydrogen-bond donors (Lipinski definition) is 4. The van der Waals surface area contributed by atoms with E-state index >= 15 is 0 Å². The van der Waals surface area contributed by atoms with E-state index in [1.54, 1.807) is 30.3 Å². The lowest BCUT2D eigenvalue weighted by Gasteiger charge is -2.10. The molecule has 2 aromatic carbocycles. The Labute approximate surface area is 163 Å². The summed E-state index contributed by atoms with van der Waals surface area (Å²) in [5.74, 6) is -0.868. The molecule has 0 unspecified atom stereocenters. The summed E-state index contributed by atoms with van der Waals surface area (Å²) in [5, 5.41) is 15.0. The van der Waals surface area contributed by atoms with E-state index in [2.05, 4.69) is 47.5 Å². The number of anilines is 2. The second-order valence-electron chi connectivity index (χ2n) is 5.23. The van der Waals surface area contributed by atoms with Gasteiger partial charge in [-0.25, -0.2) is 4.79 Å². The van der Waals surface area contributed by atoms with Gasteiger partial charge in [-0.15, -0.1) is 0 Å². The van der Waals surface area contributed by atoms with Crippen LogP contribution in [-0.4, -0.2) is 16.1 Å². The summed E-state index contributed by atoms with van der Waals surface area (Å²) >= 11 is 6.61. The summed E-state index contributed by atoms with van der Waals surface area (Å²) in [6.07, 6.45) is 0. The van der Waals surface area contributed by atoms with E-state index in [-0.39, 0.29) is 10.9 Å². The highest BCUT2D eigenvalue weighted by Gasteiger charge is 2.16. The van der Waals surface area contributed by atoms with Crippen molar-refractivity contribution < 1.29 is 9.90 Å². The van der Waals surface area contributed by atoms with Gasteiger partial charge in [0.05, 0.1) is 11.2 Å². The van der Waals surface area contributed by atoms with Gasteiger partial charge in [0.1, 0.15) is 5.69 Å². The topological polar surface area (TPSA) is 111 Å². The Bertz CT molecular complexity index is 1120. The molecule has 0 saturated heterocycles. The molecule has 0 aliphatic rings. The van der Waals surface area contributed by atoms with E-state index in [0.717, 1.165) is 0 Å². The van der Waals surface area contributed by atoms with Crippen LogP contribution < -0.4 is 21.6 Å². The lowest BCUT2D eigenvalue weighted by atomic mass is 10.2. The first-order chi connectivity index (χ1) is 12.4. The number of carbonyl (C=O) groups is 1. The van der Waals surface area contributed by atoms with Crippen LogP contribution in [0.5, 0.6) is 5.75 Å². The molecule has 0 fully saturated rings. The Morgan fingerprint density at radius 3 is 2.23 bits per heavy atom. The molecule has 4 N–H and O–H groups in total. The molecule has 0 atom stereocenters. The van der Waals surface area contributed by atoms with Gasteiger partial charge in [-0.2, -0.15) is 0 Å². The zero-order valence-electron chi connectivity index (χ0n) is 13.0. The summed E-state index contributed by atoms with van der Waals surface area (Å²) in [4.78, 5) is 39.4. The van der Waals surface area contributed by atoms with Crippen LogP contribution in [-0.2, 0) is 0 Å². The third kappa shape index (κ3) is 3.49. The van der Waals surface area contributed by atoms with Crippen molar-refractivity contribution in [2.45, 2.75) is 0 Å². The smallest absolute Gasteiger partial charge is 0.323 e. The van der Waals surface area contributed by atoms with E-state index in [1.165, 1.54) is 12.1 Å². The maximum absolute atomic E-state index is 12.6. The van der Waals surface area contributed by atoms with Crippen molar-refractivity contribution in [3.05, 3.63) is 72.0 Å². The average Bonchev–Trinajstić information content (AvgIpc) is 2.69. The number of aromatic amines is 1. The molecule has 2 amide bonds. The van der Waals surface area contributed by atoms with Crippen LogP contribution in [0.2, 0.25) is 0 Å². The van der Waals surface area contributed by atoms with Gasteiger partial charge in [0.2, 0.25) is 11.2 Å². The summed E-state index contributed by atoms with van der Waals surface area (Å²) in [6, 6.07) is 10.7. The molecule has 0 saturated carbocycles. The molecule has 132 valence electrons. The molecule has 3 aromatic rings. The van der Waals surface area contributed by atoms with Gasteiger partial charge >= 0.3 is 6.03 Å². The number of halogens is 2. The Balaban J connectivity index is 2.05. The van der Waals surface area contributed by atoms with Gasteiger partial charge in [-0.1, -0.05) is 18.2 Å². The number of para-hydroxylation sites is 2. The van der Waals surface area contributed by atoms with Crippen LogP contribution in [0.15, 0.2) is 61.0 Å². The third-order valence-corrected chi connectivity index (χ3v) is 4.86. The minimum absolute atomic E-state index is 0.155. The average molecular weight is 481 g/mol. The van der Waals surface area contributed by atoms with E-state index in [4.69, 9.17) is 0 Å². The number of urea groups is 1. The quantitative estimate of drug-likeness (QED) is 0.447. The van der Waals surface area contributed by atoms with Crippen LogP contribution in [0.1, 0.15) is 0 Å². The van der Waals surface area contributed by atoms with E-state index in [1.807, 2.05) is 0 Å². The first-order valence-electron chi connectivity index (χ1n) is 7.29. The summed E-state index contributed by atoms with van der Waals surface area (Å²) in [6.45, 7) is 0. The van der Waals surface area contributed by atoms with Gasteiger partial charge < -0.3 is 20.7 Å². The number of H-pyrrole nitrogens is 1. The SMILES string of the molecule is O=C(Nc1c(Br)cccc1Br)Nc1c(O)c(=O)[nH]c2ccccc2c1=O. The number of hydrogen-bond acceptors (Lipinski definition) is 4. The second-order valence-corrected chi connectivity index (χ2v) is 6.94. The Hall–Kier alpha value is -2.65. The molecule has 9 heteroatoms. The molecule has 26 heavy (non-hydrogen) atoms. The van der Waals surface area contributed by atoms with Crippen molar-refractivity contribution in [2.75, 3.05) is 10.6 Å². The molecule has 0 aliphatic carbocycles. The van der Waals surface area contributed by atoms with Crippen molar-refractivity contribution in [3.8, 4) is 5.75 Å². The van der Waals surface area contributed by atoms with Crippen molar-refractivity contribution in [1.82, 2.24) is 4.98 Å². The molecule has 3 rings (SSSR count). The van der Waals surface area contributed by atoms with Gasteiger partial charge in [-0.05, 0) is 56.1 Å². The summed E-state index contributed by atoms with van der Waals surface area (Å²) in [7, 11) is 0. The van der Waals surface area contributed by atoms with Crippen LogP contribution in [0.3, 0.4) is 0 Å². The molecule has 1 heterocycles. The highest BCUT2D eigenvalue weighted by atomic mass is 79.9. The van der Waals surface area contributed by atoms with Crippen LogP contribution in [0.25, 0.3) is 10.9 Å². The summed E-state index contributed by atoms with van der Waals surface area (Å²) in [5.41, 5.74) is -1.40. The number of aromatic hydroxyl groups is 1. The Kier molecular flexibility index (Phi) is 5.10. The molecule has 7 nitrogen and oxygen atoms in total. The number of nitrogens with one attached hydrogen (secondary N) is 3. The fraction of sp³-hybridized carbons (Fsp3) is 0. The minimum Gasteiger partial charge on any atom is -0.501 e. The fourth-order valence-corrected chi connectivity index (χ4v) is 3.52. The van der Waals surface area contributed by atoms with Gasteiger partial charge in [0, 0.05) is 14.3 Å². The van der Waals surface area contributed by atoms with Gasteiger partial charge in [0.15, 0.2) is 0 Å². The highest BCUT2D eigenvalue weighted by molar-refractivity contribution is 9.11. The number of fused-ring (bicyclic) bond motifs is 1. The number of rotatable bonds is 2. The zero-order valence-corrected chi connectivity index (χ0v) is 16.1. The number of carbonyl (C=O) groups excluding carboxylic acids is 1. The van der Waals surface area contributed by atoms with Crippen LogP contribution >= 0.6 is 31.9 Å². The monoisotopic (exact) mass is 479 g/mol. The third-order valence-electron chi connectivity index (χ3n) is 3.54. The van der Waals surface area contributed by atoms with E-state index < -0.39 is 28.5 Å². The van der Waals surface area contributed by atoms with Crippen molar-refractivity contribution in [3.63, 3.8) is 0 Å². The largest absolute Gasteiger partial charge is 0.501 e. The number of amides is 2. The van der Waals surface area contributed by atoms with Crippen LogP contribution in [0, 0.1) is 0 Å². The van der Waals surface area contributed by atoms with Crippen LogP contribution in [0.4, 0.5) is 16.2 Å². The molecule has 0 aliphatic heterocycles. The lowest BCUT2D eigenvalue weighted by Crippen LogP contribution is -2.24. The van der Waals surface area contributed by atoms with Gasteiger partial charge in [0.25, 0.3) is 5.56 Å². The zero-order chi connectivity index (χ0) is 18.8. The summed E-state index contributed by atoms with van der Waals surface area (Å²) < 4.78 is 1.21. The number of benzene rings is 2. The van der Waals surface area contributed by atoms with E-state index in [0.29, 0.717) is 14.6 Å². The van der Waals surface area contributed by atoms with Crippen molar-refractivity contribution in [1.29, 1.82) is 0 Å². The second kappa shape index (κ2) is 7.30. The lowest BCUT2D eigenvalue weighted by molar-refractivity contribution is 0.262. The normalized spacial score (nSPS) is 10.5. The van der Waals surface area contributed by atoms with Gasteiger partial charge in [-0.3, -0.25) is 9.59 Å². The van der Waals surface area contributed by atoms with Crippen molar-refractivity contribution >= 4 is 60.2 Å². The molecule has 0 bridgehead atoms.